The topological polar surface area (TPSA) is 95.7 Å². The summed E-state index contributed by atoms with van der Waals surface area (Å²) in [5.74, 6) is -4.98. The van der Waals surface area contributed by atoms with Gasteiger partial charge in [-0.15, -0.1) is 0 Å². The van der Waals surface area contributed by atoms with Crippen molar-refractivity contribution in [3.63, 3.8) is 0 Å². The summed E-state index contributed by atoms with van der Waals surface area (Å²) >= 11 is 0. The second kappa shape index (κ2) is 7.97. The zero-order valence-corrected chi connectivity index (χ0v) is 12.3. The molecule has 1 aromatic carbocycles. The molecule has 9 heteroatoms. The molecule has 0 atom stereocenters. The molecule has 0 aliphatic carbocycles. The molecule has 1 rings (SSSR count). The third kappa shape index (κ3) is 4.56. The lowest BCUT2D eigenvalue weighted by Gasteiger charge is -2.07. The summed E-state index contributed by atoms with van der Waals surface area (Å²) in [6.07, 6.45) is 0.733. The number of carbonyl (C=O) groups is 2. The second-order valence-corrected chi connectivity index (χ2v) is 4.08. The molecule has 0 aliphatic heterocycles. The molecule has 0 bridgehead atoms. The first-order chi connectivity index (χ1) is 10.8. The van der Waals surface area contributed by atoms with Gasteiger partial charge < -0.3 is 9.47 Å². The average Bonchev–Trinajstić information content (AvgIpc) is 2.47. The van der Waals surface area contributed by atoms with E-state index in [4.69, 9.17) is 0 Å². The fraction of sp³-hybridized carbons (Fsp3) is 0.286. The van der Waals surface area contributed by atoms with Gasteiger partial charge in [-0.25, -0.2) is 18.4 Å². The Balaban J connectivity index is 3.46. The molecule has 0 aromatic heterocycles. The molecule has 0 radical (unpaired) electrons. The van der Waals surface area contributed by atoms with E-state index in [0.29, 0.717) is 12.1 Å². The molecule has 7 nitrogen and oxygen atoms in total. The van der Waals surface area contributed by atoms with Crippen LogP contribution >= 0.6 is 0 Å². The number of rotatable bonds is 6. The van der Waals surface area contributed by atoms with E-state index in [-0.39, 0.29) is 13.2 Å². The fourth-order valence-corrected chi connectivity index (χ4v) is 1.60. The van der Waals surface area contributed by atoms with E-state index in [2.05, 4.69) is 9.47 Å². The summed E-state index contributed by atoms with van der Waals surface area (Å²) in [7, 11) is 0. The van der Waals surface area contributed by atoms with Crippen molar-refractivity contribution in [1.29, 1.82) is 0 Å². The molecule has 0 N–H and O–H groups in total. The molecule has 0 heterocycles. The van der Waals surface area contributed by atoms with Gasteiger partial charge in [0.15, 0.2) is 11.6 Å². The molecular weight excluding hydrogens is 316 g/mol. The Morgan fingerprint density at radius 3 is 2.04 bits per heavy atom. The lowest BCUT2D eigenvalue weighted by molar-refractivity contribution is -0.385. The summed E-state index contributed by atoms with van der Waals surface area (Å²) in [6.45, 7) is 2.85. The van der Waals surface area contributed by atoms with E-state index < -0.39 is 45.3 Å². The van der Waals surface area contributed by atoms with Crippen molar-refractivity contribution < 1.29 is 32.8 Å². The predicted octanol–water partition coefficient (Wildman–Crippen LogP) is 2.38. The second-order valence-electron chi connectivity index (χ2n) is 4.08. The minimum atomic E-state index is -1.43. The molecule has 0 saturated heterocycles. The maximum Gasteiger partial charge on any atom is 0.345 e. The maximum atomic E-state index is 13.3. The van der Waals surface area contributed by atoms with Crippen LogP contribution in [0, 0.1) is 21.7 Å². The van der Waals surface area contributed by atoms with Gasteiger partial charge in [-0.3, -0.25) is 10.1 Å². The number of benzene rings is 1. The number of nitrogens with zero attached hydrogens (tertiary/aromatic N) is 1. The molecule has 124 valence electrons. The molecule has 0 fully saturated rings. The summed E-state index contributed by atoms with van der Waals surface area (Å²) in [4.78, 5) is 33.5. The number of nitro groups is 1. The first-order valence-corrected chi connectivity index (χ1v) is 6.51. The number of nitro benzene ring substituents is 1. The highest BCUT2D eigenvalue weighted by molar-refractivity contribution is 6.17. The van der Waals surface area contributed by atoms with Crippen molar-refractivity contribution in [3.8, 4) is 0 Å². The molecule has 0 amide bonds. The van der Waals surface area contributed by atoms with Crippen LogP contribution in [0.4, 0.5) is 14.5 Å². The molecule has 1 aromatic rings. The highest BCUT2D eigenvalue weighted by Gasteiger charge is 2.24. The first kappa shape index (κ1) is 18.2. The van der Waals surface area contributed by atoms with Crippen LogP contribution in [-0.4, -0.2) is 30.1 Å². The SMILES string of the molecule is CCOC(=O)C(=Cc1cc(F)c(F)cc1[N+](=O)[O-])C(=O)OCC. The van der Waals surface area contributed by atoms with Crippen molar-refractivity contribution in [3.05, 3.63) is 45.0 Å². The van der Waals surface area contributed by atoms with E-state index >= 15 is 0 Å². The van der Waals surface area contributed by atoms with Gasteiger partial charge in [0.25, 0.3) is 5.69 Å². The molecule has 0 spiro atoms. The Hall–Kier alpha value is -2.84. The van der Waals surface area contributed by atoms with E-state index in [9.17, 15) is 28.5 Å². The smallest absolute Gasteiger partial charge is 0.345 e. The van der Waals surface area contributed by atoms with E-state index in [1.807, 2.05) is 0 Å². The highest BCUT2D eigenvalue weighted by Crippen LogP contribution is 2.25. The monoisotopic (exact) mass is 329 g/mol. The van der Waals surface area contributed by atoms with Crippen molar-refractivity contribution in [2.24, 2.45) is 0 Å². The van der Waals surface area contributed by atoms with Gasteiger partial charge >= 0.3 is 11.9 Å². The van der Waals surface area contributed by atoms with E-state index in [0.717, 1.165) is 6.08 Å². The Bertz CT molecular complexity index is 651. The quantitative estimate of drug-likeness (QED) is 0.199. The lowest BCUT2D eigenvalue weighted by Crippen LogP contribution is -2.18. The zero-order chi connectivity index (χ0) is 17.6. The Kier molecular flexibility index (Phi) is 6.31. The average molecular weight is 329 g/mol. The van der Waals surface area contributed by atoms with Crippen molar-refractivity contribution in [2.75, 3.05) is 13.2 Å². The number of hydrogen-bond donors (Lipinski definition) is 0. The van der Waals surface area contributed by atoms with Crippen LogP contribution in [0.15, 0.2) is 17.7 Å². The van der Waals surface area contributed by atoms with Gasteiger partial charge in [-0.05, 0) is 26.0 Å². The molecule has 23 heavy (non-hydrogen) atoms. The van der Waals surface area contributed by atoms with Crippen LogP contribution in [0.5, 0.6) is 0 Å². The van der Waals surface area contributed by atoms with Crippen molar-refractivity contribution in [1.82, 2.24) is 0 Å². The molecule has 0 aliphatic rings. The molecule has 0 unspecified atom stereocenters. The third-order valence-corrected chi connectivity index (χ3v) is 2.56. The number of esters is 2. The van der Waals surface area contributed by atoms with Crippen LogP contribution in [0.2, 0.25) is 0 Å². The lowest BCUT2D eigenvalue weighted by atomic mass is 10.1. The minimum Gasteiger partial charge on any atom is -0.462 e. The molecule has 0 saturated carbocycles. The van der Waals surface area contributed by atoms with Gasteiger partial charge in [0, 0.05) is 0 Å². The van der Waals surface area contributed by atoms with Crippen LogP contribution in [0.3, 0.4) is 0 Å². The number of ether oxygens (including phenoxy) is 2. The van der Waals surface area contributed by atoms with Crippen LogP contribution < -0.4 is 0 Å². The van der Waals surface area contributed by atoms with E-state index in [1.165, 1.54) is 13.8 Å². The predicted molar refractivity (Wildman–Crippen MR) is 74.3 cm³/mol. The van der Waals surface area contributed by atoms with Crippen LogP contribution in [-0.2, 0) is 19.1 Å². The van der Waals surface area contributed by atoms with Gasteiger partial charge in [0.05, 0.1) is 29.8 Å². The van der Waals surface area contributed by atoms with Gasteiger partial charge in [-0.2, -0.15) is 0 Å². The summed E-state index contributed by atoms with van der Waals surface area (Å²) < 4.78 is 35.7. The Morgan fingerprint density at radius 1 is 1.13 bits per heavy atom. The van der Waals surface area contributed by atoms with Gasteiger partial charge in [0.2, 0.25) is 0 Å². The van der Waals surface area contributed by atoms with Gasteiger partial charge in [0.1, 0.15) is 5.57 Å². The maximum absolute atomic E-state index is 13.3. The van der Waals surface area contributed by atoms with Crippen molar-refractivity contribution >= 4 is 23.7 Å². The van der Waals surface area contributed by atoms with Crippen molar-refractivity contribution in [2.45, 2.75) is 13.8 Å². The van der Waals surface area contributed by atoms with Gasteiger partial charge in [-0.1, -0.05) is 0 Å². The number of carbonyl (C=O) groups excluding carboxylic acids is 2. The summed E-state index contributed by atoms with van der Waals surface area (Å²) in [5.41, 5.74) is -1.94. The number of hydrogen-bond acceptors (Lipinski definition) is 6. The Morgan fingerprint density at radius 2 is 1.61 bits per heavy atom. The standard InChI is InChI=1S/C14H13F2NO6/c1-3-22-13(18)9(14(19)23-4-2)5-8-6-10(15)11(16)7-12(8)17(20)21/h5-7H,3-4H2,1-2H3. The molecular formula is C14H13F2NO6. The number of halogens is 2. The normalized spacial score (nSPS) is 9.91. The van der Waals surface area contributed by atoms with Crippen LogP contribution in [0.1, 0.15) is 19.4 Å². The first-order valence-electron chi connectivity index (χ1n) is 6.51. The summed E-state index contributed by atoms with van der Waals surface area (Å²) in [6, 6.07) is 0.862. The largest absolute Gasteiger partial charge is 0.462 e. The Labute approximate surface area is 129 Å². The minimum absolute atomic E-state index is 0.0601. The zero-order valence-electron chi connectivity index (χ0n) is 12.3. The van der Waals surface area contributed by atoms with Crippen LogP contribution in [0.25, 0.3) is 6.08 Å². The fourth-order valence-electron chi connectivity index (χ4n) is 1.60. The summed E-state index contributed by atoms with van der Waals surface area (Å²) in [5, 5.41) is 10.9. The highest BCUT2D eigenvalue weighted by atomic mass is 19.2. The third-order valence-electron chi connectivity index (χ3n) is 2.56. The van der Waals surface area contributed by atoms with E-state index in [1.54, 1.807) is 0 Å².